The van der Waals surface area contributed by atoms with E-state index in [0.29, 0.717) is 31.1 Å². The zero-order valence-corrected chi connectivity index (χ0v) is 20.2. The van der Waals surface area contributed by atoms with Crippen molar-refractivity contribution in [3.8, 4) is 0 Å². The molecule has 1 atom stereocenters. The molecule has 4 nitrogen and oxygen atoms in total. The highest BCUT2D eigenvalue weighted by molar-refractivity contribution is 5.94. The molecule has 0 spiro atoms. The van der Waals surface area contributed by atoms with Crippen molar-refractivity contribution in [2.75, 3.05) is 6.54 Å². The number of nitrogens with one attached hydrogen (secondary N) is 1. The van der Waals surface area contributed by atoms with E-state index >= 15 is 0 Å². The number of hydrogen-bond donors (Lipinski definition) is 1. The lowest BCUT2D eigenvalue weighted by Crippen LogP contribution is -2.31. The minimum absolute atomic E-state index is 0.0543. The third-order valence-corrected chi connectivity index (χ3v) is 7.30. The monoisotopic (exact) mass is 473 g/mol. The summed E-state index contributed by atoms with van der Waals surface area (Å²) in [5.74, 6) is 1.52. The number of pyridine rings is 1. The van der Waals surface area contributed by atoms with Gasteiger partial charge in [0.25, 0.3) is 5.91 Å². The number of hydrogen-bond acceptors (Lipinski definition) is 3. The third kappa shape index (κ3) is 5.62. The average molecular weight is 474 g/mol. The van der Waals surface area contributed by atoms with E-state index in [1.165, 1.54) is 25.7 Å². The quantitative estimate of drug-likeness (QED) is 0.530. The predicted octanol–water partition coefficient (Wildman–Crippen LogP) is 6.37. The van der Waals surface area contributed by atoms with E-state index < -0.39 is 11.7 Å². The second-order valence-electron chi connectivity index (χ2n) is 10.4. The highest BCUT2D eigenvalue weighted by atomic mass is 19.4. The van der Waals surface area contributed by atoms with Crippen LogP contribution in [0, 0.1) is 17.8 Å². The lowest BCUT2D eigenvalue weighted by atomic mass is 9.83. The second-order valence-corrected chi connectivity index (χ2v) is 10.4. The number of fused-ring (bicyclic) bond motifs is 1. The molecule has 7 heteroatoms. The van der Waals surface area contributed by atoms with Crippen LogP contribution < -0.4 is 5.32 Å². The van der Waals surface area contributed by atoms with E-state index in [-0.39, 0.29) is 17.9 Å². The number of aromatic nitrogens is 1. The van der Waals surface area contributed by atoms with Gasteiger partial charge in [0.1, 0.15) is 0 Å². The highest BCUT2D eigenvalue weighted by Crippen LogP contribution is 2.39. The van der Waals surface area contributed by atoms with Crippen LogP contribution in [0.2, 0.25) is 0 Å². The van der Waals surface area contributed by atoms with Gasteiger partial charge in [0.2, 0.25) is 0 Å². The largest absolute Gasteiger partial charge is 0.416 e. The van der Waals surface area contributed by atoms with Gasteiger partial charge in [-0.3, -0.25) is 14.7 Å². The Morgan fingerprint density at radius 3 is 2.44 bits per heavy atom. The molecule has 0 radical (unpaired) electrons. The Morgan fingerprint density at radius 2 is 1.82 bits per heavy atom. The van der Waals surface area contributed by atoms with Crippen molar-refractivity contribution in [3.63, 3.8) is 0 Å². The fourth-order valence-corrected chi connectivity index (χ4v) is 5.33. The number of benzene rings is 1. The van der Waals surface area contributed by atoms with Crippen LogP contribution in [0.3, 0.4) is 0 Å². The molecule has 1 amide bonds. The van der Waals surface area contributed by atoms with E-state index in [0.717, 1.165) is 34.9 Å². The molecule has 2 aromatic rings. The Bertz CT molecular complexity index is 995. The van der Waals surface area contributed by atoms with Crippen molar-refractivity contribution in [1.29, 1.82) is 0 Å². The Labute approximate surface area is 200 Å². The Morgan fingerprint density at radius 1 is 1.15 bits per heavy atom. The first-order valence-electron chi connectivity index (χ1n) is 12.3. The smallest absolute Gasteiger partial charge is 0.352 e. The normalized spacial score (nSPS) is 23.2. The van der Waals surface area contributed by atoms with Crippen molar-refractivity contribution in [2.45, 2.75) is 71.8 Å². The van der Waals surface area contributed by atoms with Crippen molar-refractivity contribution in [2.24, 2.45) is 17.8 Å². The molecule has 2 aliphatic rings. The molecule has 2 heterocycles. The van der Waals surface area contributed by atoms with Crippen LogP contribution in [0.5, 0.6) is 0 Å². The molecule has 184 valence electrons. The van der Waals surface area contributed by atoms with Gasteiger partial charge >= 0.3 is 6.18 Å². The molecule has 1 fully saturated rings. The summed E-state index contributed by atoms with van der Waals surface area (Å²) in [6, 6.07) is 7.34. The summed E-state index contributed by atoms with van der Waals surface area (Å²) in [7, 11) is 0. The molecular weight excluding hydrogens is 439 g/mol. The van der Waals surface area contributed by atoms with Gasteiger partial charge in [-0.2, -0.15) is 13.2 Å². The van der Waals surface area contributed by atoms with E-state index in [9.17, 15) is 18.0 Å². The molecule has 0 saturated heterocycles. The molecule has 0 unspecified atom stereocenters. The standard InChI is InChI=1S/C27H34F3N3O/c1-17(2)25-24-22(16-33(25)15-20-8-10-23(11-9-20)27(28,29)30)12-21(14-31-24)26(34)32-13-19-6-4-18(3)5-7-19/h8-12,14,17-19,25H,4-7,13,15-16H2,1-3H3,(H,32,34)/t18-,19-,25-/m0/s1. The Hall–Kier alpha value is -2.41. The van der Waals surface area contributed by atoms with Gasteiger partial charge in [0, 0.05) is 25.8 Å². The van der Waals surface area contributed by atoms with E-state index in [1.807, 2.05) is 6.07 Å². The summed E-state index contributed by atoms with van der Waals surface area (Å²) in [5.41, 5.74) is 2.74. The number of halogens is 3. The van der Waals surface area contributed by atoms with Crippen LogP contribution in [-0.2, 0) is 19.3 Å². The van der Waals surface area contributed by atoms with Crippen molar-refractivity contribution in [3.05, 3.63) is 64.5 Å². The molecule has 34 heavy (non-hydrogen) atoms. The van der Waals surface area contributed by atoms with Gasteiger partial charge in [-0.1, -0.05) is 45.7 Å². The summed E-state index contributed by atoms with van der Waals surface area (Å²) < 4.78 is 38.7. The van der Waals surface area contributed by atoms with Gasteiger partial charge in [0.05, 0.1) is 22.9 Å². The van der Waals surface area contributed by atoms with Gasteiger partial charge in [-0.05, 0) is 59.9 Å². The number of carbonyl (C=O) groups excluding carboxylic acids is 1. The molecule has 1 saturated carbocycles. The zero-order chi connectivity index (χ0) is 24.5. The lowest BCUT2D eigenvalue weighted by molar-refractivity contribution is -0.137. The van der Waals surface area contributed by atoms with E-state index in [4.69, 9.17) is 0 Å². The van der Waals surface area contributed by atoms with E-state index in [2.05, 4.69) is 36.0 Å². The number of nitrogens with zero attached hydrogens (tertiary/aromatic N) is 2. The number of rotatable bonds is 6. The molecule has 1 aliphatic carbocycles. The minimum Gasteiger partial charge on any atom is -0.352 e. The first-order valence-corrected chi connectivity index (χ1v) is 12.3. The summed E-state index contributed by atoms with van der Waals surface area (Å²) >= 11 is 0. The fourth-order valence-electron chi connectivity index (χ4n) is 5.33. The number of amides is 1. The summed E-state index contributed by atoms with van der Waals surface area (Å²) in [4.78, 5) is 19.7. The summed E-state index contributed by atoms with van der Waals surface area (Å²) in [6.45, 7) is 8.38. The van der Waals surface area contributed by atoms with Crippen LogP contribution in [0.1, 0.15) is 85.2 Å². The van der Waals surface area contributed by atoms with E-state index in [1.54, 1.807) is 18.3 Å². The Kier molecular flexibility index (Phi) is 7.31. The maximum atomic E-state index is 12.9. The molecular formula is C27H34F3N3O. The van der Waals surface area contributed by atoms with Crippen LogP contribution in [0.25, 0.3) is 0 Å². The Balaban J connectivity index is 1.43. The average Bonchev–Trinajstić information content (AvgIpc) is 3.15. The second kappa shape index (κ2) is 10.1. The zero-order valence-electron chi connectivity index (χ0n) is 20.2. The van der Waals surface area contributed by atoms with Crippen LogP contribution in [-0.4, -0.2) is 22.3 Å². The van der Waals surface area contributed by atoms with Crippen molar-refractivity contribution >= 4 is 5.91 Å². The molecule has 1 aromatic heterocycles. The van der Waals surface area contributed by atoms with Crippen molar-refractivity contribution < 1.29 is 18.0 Å². The summed E-state index contributed by atoms with van der Waals surface area (Å²) in [5, 5.41) is 3.09. The number of carbonyl (C=O) groups is 1. The van der Waals surface area contributed by atoms with Crippen LogP contribution in [0.4, 0.5) is 13.2 Å². The summed E-state index contributed by atoms with van der Waals surface area (Å²) in [6.07, 6.45) is 2.11. The maximum absolute atomic E-state index is 12.9. The fraction of sp³-hybridized carbons (Fsp3) is 0.556. The third-order valence-electron chi connectivity index (χ3n) is 7.30. The van der Waals surface area contributed by atoms with Crippen molar-refractivity contribution in [1.82, 2.24) is 15.2 Å². The molecule has 0 bridgehead atoms. The molecule has 1 aliphatic heterocycles. The SMILES string of the molecule is CC(C)[C@H]1c2ncc(C(=O)NC[C@H]3CC[C@H](C)CC3)cc2CN1Cc1ccc(C(F)(F)F)cc1. The first kappa shape index (κ1) is 24.7. The molecule has 1 aromatic carbocycles. The predicted molar refractivity (Wildman–Crippen MR) is 126 cm³/mol. The maximum Gasteiger partial charge on any atom is 0.416 e. The minimum atomic E-state index is -4.33. The van der Waals surface area contributed by atoms with Gasteiger partial charge in [-0.25, -0.2) is 0 Å². The molecule has 4 rings (SSSR count). The van der Waals surface area contributed by atoms with Gasteiger partial charge < -0.3 is 5.32 Å². The number of alkyl halides is 3. The highest BCUT2D eigenvalue weighted by Gasteiger charge is 2.35. The van der Waals surface area contributed by atoms with Gasteiger partial charge in [0.15, 0.2) is 0 Å². The topological polar surface area (TPSA) is 45.2 Å². The van der Waals surface area contributed by atoms with Crippen LogP contribution in [0.15, 0.2) is 36.5 Å². The lowest BCUT2D eigenvalue weighted by Gasteiger charge is -2.27. The van der Waals surface area contributed by atoms with Gasteiger partial charge in [-0.15, -0.1) is 0 Å². The molecule has 1 N–H and O–H groups in total. The first-order chi connectivity index (χ1) is 16.1. The van der Waals surface area contributed by atoms with Crippen LogP contribution >= 0.6 is 0 Å².